The molecular weight excluding hydrogens is 240 g/mol. The molecule has 0 aromatic carbocycles. The number of pyridine rings is 1. The van der Waals surface area contributed by atoms with Gasteiger partial charge in [0.2, 0.25) is 0 Å². The number of nitrogens with zero attached hydrogens (tertiary/aromatic N) is 4. The summed E-state index contributed by atoms with van der Waals surface area (Å²) in [6.07, 6.45) is 6.83. The number of aromatic nitrogens is 3. The highest BCUT2D eigenvalue weighted by Crippen LogP contribution is 2.21. The second kappa shape index (κ2) is 5.65. The van der Waals surface area contributed by atoms with Crippen LogP contribution >= 0.6 is 0 Å². The summed E-state index contributed by atoms with van der Waals surface area (Å²) in [7, 11) is 1.80. The largest absolute Gasteiger partial charge is 0.332 e. The van der Waals surface area contributed by atoms with Crippen LogP contribution in [0.3, 0.4) is 0 Å². The molecule has 0 fully saturated rings. The van der Waals surface area contributed by atoms with Crippen LogP contribution in [0.2, 0.25) is 0 Å². The number of rotatable bonds is 4. The Morgan fingerprint density at radius 2 is 2.11 bits per heavy atom. The van der Waals surface area contributed by atoms with Gasteiger partial charge in [-0.25, -0.2) is 0 Å². The molecule has 100 valence electrons. The first kappa shape index (κ1) is 13.3. The van der Waals surface area contributed by atoms with Crippen LogP contribution in [0, 0.1) is 0 Å². The molecule has 0 radical (unpaired) electrons. The molecule has 0 N–H and O–H groups in total. The highest BCUT2D eigenvalue weighted by Gasteiger charge is 2.22. The molecular formula is C14H18N4O. The zero-order chi connectivity index (χ0) is 13.8. The van der Waals surface area contributed by atoms with Crippen LogP contribution < -0.4 is 0 Å². The minimum Gasteiger partial charge on any atom is -0.332 e. The molecule has 0 saturated carbocycles. The SMILES string of the molecule is CCN(C(=O)c1cnn(C)c1)[C@@H](C)c1ccncc1. The molecule has 2 rings (SSSR count). The zero-order valence-corrected chi connectivity index (χ0v) is 11.4. The minimum absolute atomic E-state index is 0.0000813. The molecule has 0 bridgehead atoms. The number of carbonyl (C=O) groups excluding carboxylic acids is 1. The second-order valence-corrected chi connectivity index (χ2v) is 4.45. The second-order valence-electron chi connectivity index (χ2n) is 4.45. The summed E-state index contributed by atoms with van der Waals surface area (Å²) in [5, 5.41) is 4.05. The van der Waals surface area contributed by atoms with Gasteiger partial charge in [-0.15, -0.1) is 0 Å². The third-order valence-electron chi connectivity index (χ3n) is 3.21. The Bertz CT molecular complexity index is 550. The fourth-order valence-corrected chi connectivity index (χ4v) is 2.11. The number of hydrogen-bond donors (Lipinski definition) is 0. The Kier molecular flexibility index (Phi) is 3.94. The molecule has 5 nitrogen and oxygen atoms in total. The van der Waals surface area contributed by atoms with Gasteiger partial charge in [-0.3, -0.25) is 14.5 Å². The van der Waals surface area contributed by atoms with E-state index in [1.165, 1.54) is 0 Å². The van der Waals surface area contributed by atoms with E-state index in [4.69, 9.17) is 0 Å². The van der Waals surface area contributed by atoms with Crippen molar-refractivity contribution in [1.82, 2.24) is 19.7 Å². The van der Waals surface area contributed by atoms with Gasteiger partial charge >= 0.3 is 0 Å². The van der Waals surface area contributed by atoms with E-state index in [1.807, 2.05) is 30.9 Å². The lowest BCUT2D eigenvalue weighted by Crippen LogP contribution is -2.33. The van der Waals surface area contributed by atoms with Crippen molar-refractivity contribution in [1.29, 1.82) is 0 Å². The lowest BCUT2D eigenvalue weighted by atomic mass is 10.1. The van der Waals surface area contributed by atoms with Gasteiger partial charge < -0.3 is 4.90 Å². The van der Waals surface area contributed by atoms with Gasteiger partial charge in [0.25, 0.3) is 5.91 Å². The van der Waals surface area contributed by atoms with E-state index in [9.17, 15) is 4.79 Å². The maximum absolute atomic E-state index is 12.5. The Balaban J connectivity index is 2.22. The number of amides is 1. The Labute approximate surface area is 112 Å². The Hall–Kier alpha value is -2.17. The molecule has 0 saturated heterocycles. The molecule has 2 aromatic rings. The summed E-state index contributed by atoms with van der Waals surface area (Å²) in [5.41, 5.74) is 1.69. The molecule has 0 aliphatic rings. The van der Waals surface area contributed by atoms with Crippen molar-refractivity contribution in [3.8, 4) is 0 Å². The Morgan fingerprint density at radius 3 is 2.63 bits per heavy atom. The molecule has 1 atom stereocenters. The van der Waals surface area contributed by atoms with Crippen LogP contribution in [0.1, 0.15) is 35.8 Å². The quantitative estimate of drug-likeness (QED) is 0.843. The predicted octanol–water partition coefficient (Wildman–Crippen LogP) is 2.04. The van der Waals surface area contributed by atoms with Crippen molar-refractivity contribution in [3.63, 3.8) is 0 Å². The normalized spacial score (nSPS) is 12.2. The topological polar surface area (TPSA) is 51.0 Å². The minimum atomic E-state index is -0.0000813. The van der Waals surface area contributed by atoms with Crippen LogP contribution in [0.5, 0.6) is 0 Å². The van der Waals surface area contributed by atoms with E-state index >= 15 is 0 Å². The first-order valence-corrected chi connectivity index (χ1v) is 6.33. The number of aryl methyl sites for hydroxylation is 1. The summed E-state index contributed by atoms with van der Waals surface area (Å²) < 4.78 is 1.64. The average molecular weight is 258 g/mol. The van der Waals surface area contributed by atoms with E-state index < -0.39 is 0 Å². The van der Waals surface area contributed by atoms with Gasteiger partial charge in [-0.1, -0.05) is 0 Å². The van der Waals surface area contributed by atoms with Crippen LogP contribution in [-0.2, 0) is 7.05 Å². The molecule has 0 aliphatic heterocycles. The number of carbonyl (C=O) groups is 1. The highest BCUT2D eigenvalue weighted by molar-refractivity contribution is 5.94. The molecule has 2 heterocycles. The molecule has 0 spiro atoms. The predicted molar refractivity (Wildman–Crippen MR) is 72.6 cm³/mol. The van der Waals surface area contributed by atoms with Gasteiger partial charge in [-0.05, 0) is 31.5 Å². The third kappa shape index (κ3) is 2.81. The monoisotopic (exact) mass is 258 g/mol. The lowest BCUT2D eigenvalue weighted by molar-refractivity contribution is 0.0702. The van der Waals surface area contributed by atoms with Crippen LogP contribution in [0.4, 0.5) is 0 Å². The van der Waals surface area contributed by atoms with Gasteiger partial charge in [-0.2, -0.15) is 5.10 Å². The summed E-state index contributed by atoms with van der Waals surface area (Å²) in [6, 6.07) is 3.88. The molecule has 5 heteroatoms. The lowest BCUT2D eigenvalue weighted by Gasteiger charge is -2.28. The van der Waals surface area contributed by atoms with Crippen molar-refractivity contribution in [3.05, 3.63) is 48.0 Å². The van der Waals surface area contributed by atoms with Crippen molar-refractivity contribution < 1.29 is 4.79 Å². The molecule has 19 heavy (non-hydrogen) atoms. The summed E-state index contributed by atoms with van der Waals surface area (Å²) >= 11 is 0. The highest BCUT2D eigenvalue weighted by atomic mass is 16.2. The van der Waals surface area contributed by atoms with Crippen LogP contribution in [0.25, 0.3) is 0 Å². The molecule has 1 amide bonds. The number of hydrogen-bond acceptors (Lipinski definition) is 3. The zero-order valence-electron chi connectivity index (χ0n) is 11.4. The van der Waals surface area contributed by atoms with Crippen molar-refractivity contribution in [2.24, 2.45) is 7.05 Å². The summed E-state index contributed by atoms with van der Waals surface area (Å²) in [4.78, 5) is 18.3. The third-order valence-corrected chi connectivity index (χ3v) is 3.21. The fourth-order valence-electron chi connectivity index (χ4n) is 2.11. The first-order chi connectivity index (χ1) is 9.13. The standard InChI is InChI=1S/C14H18N4O/c1-4-18(11(2)12-5-7-15-8-6-12)14(19)13-9-16-17(3)10-13/h5-11H,4H2,1-3H3/t11-/m0/s1. The van der Waals surface area contributed by atoms with Gasteiger partial charge in [0.1, 0.15) is 0 Å². The van der Waals surface area contributed by atoms with E-state index in [0.29, 0.717) is 12.1 Å². The van der Waals surface area contributed by atoms with Crippen LogP contribution in [0.15, 0.2) is 36.9 Å². The van der Waals surface area contributed by atoms with E-state index in [-0.39, 0.29) is 11.9 Å². The molecule has 0 aliphatic carbocycles. The van der Waals surface area contributed by atoms with E-state index in [0.717, 1.165) is 5.56 Å². The maximum Gasteiger partial charge on any atom is 0.257 e. The van der Waals surface area contributed by atoms with Gasteiger partial charge in [0.15, 0.2) is 0 Å². The van der Waals surface area contributed by atoms with Crippen LogP contribution in [-0.4, -0.2) is 32.1 Å². The van der Waals surface area contributed by atoms with Crippen molar-refractivity contribution in [2.45, 2.75) is 19.9 Å². The molecule has 0 unspecified atom stereocenters. The molecule has 2 aromatic heterocycles. The van der Waals surface area contributed by atoms with Gasteiger partial charge in [0.05, 0.1) is 17.8 Å². The maximum atomic E-state index is 12.5. The van der Waals surface area contributed by atoms with Crippen molar-refractivity contribution in [2.75, 3.05) is 6.54 Å². The summed E-state index contributed by atoms with van der Waals surface area (Å²) in [5.74, 6) is -0.0000813. The summed E-state index contributed by atoms with van der Waals surface area (Å²) in [6.45, 7) is 4.65. The fraction of sp³-hybridized carbons (Fsp3) is 0.357. The van der Waals surface area contributed by atoms with Crippen molar-refractivity contribution >= 4 is 5.91 Å². The van der Waals surface area contributed by atoms with E-state index in [1.54, 1.807) is 36.5 Å². The smallest absolute Gasteiger partial charge is 0.257 e. The average Bonchev–Trinajstić information content (AvgIpc) is 2.87. The Morgan fingerprint density at radius 1 is 1.42 bits per heavy atom. The first-order valence-electron chi connectivity index (χ1n) is 6.33. The van der Waals surface area contributed by atoms with Gasteiger partial charge in [0, 0.05) is 32.2 Å². The van der Waals surface area contributed by atoms with E-state index in [2.05, 4.69) is 10.1 Å².